The highest BCUT2D eigenvalue weighted by Crippen LogP contribution is 2.19. The predicted molar refractivity (Wildman–Crippen MR) is 71.9 cm³/mol. The van der Waals surface area contributed by atoms with E-state index in [0.717, 1.165) is 17.0 Å². The third kappa shape index (κ3) is 3.45. The highest BCUT2D eigenvalue weighted by molar-refractivity contribution is 7.07. The molecular weight excluding hydrogens is 284 g/mol. The van der Waals surface area contributed by atoms with Gasteiger partial charge in [0, 0.05) is 17.6 Å². The Kier molecular flexibility index (Phi) is 4.56. The molecule has 2 heterocycles. The standard InChI is InChI=1S/C12H16N2O5S/c1-7-6-20-12(18)14(7)5-10(15)13-4-8-2-3-9(19-8)11(16)17/h6,8-9H,2-5H2,1H3,(H,13,15)(H,16,17). The summed E-state index contributed by atoms with van der Waals surface area (Å²) in [6.45, 7) is 2.01. The summed E-state index contributed by atoms with van der Waals surface area (Å²) in [5, 5.41) is 13.2. The normalized spacial score (nSPS) is 21.9. The van der Waals surface area contributed by atoms with Gasteiger partial charge in [0.05, 0.1) is 6.10 Å². The van der Waals surface area contributed by atoms with Gasteiger partial charge in [-0.15, -0.1) is 0 Å². The minimum atomic E-state index is -0.973. The number of aliphatic carboxylic acids is 1. The Morgan fingerprint density at radius 3 is 2.85 bits per heavy atom. The van der Waals surface area contributed by atoms with Crippen LogP contribution in [0, 0.1) is 6.92 Å². The number of ether oxygens (including phenoxy) is 1. The molecule has 0 saturated carbocycles. The molecule has 2 unspecified atom stereocenters. The van der Waals surface area contributed by atoms with Gasteiger partial charge in [0.15, 0.2) is 6.10 Å². The summed E-state index contributed by atoms with van der Waals surface area (Å²) in [5.41, 5.74) is 0.748. The molecule has 1 aliphatic heterocycles. The molecule has 2 atom stereocenters. The van der Waals surface area contributed by atoms with Crippen molar-refractivity contribution in [2.24, 2.45) is 0 Å². The number of aryl methyl sites for hydroxylation is 1. The summed E-state index contributed by atoms with van der Waals surface area (Å²) in [7, 11) is 0. The first-order chi connectivity index (χ1) is 9.47. The lowest BCUT2D eigenvalue weighted by Crippen LogP contribution is -2.36. The van der Waals surface area contributed by atoms with Crippen LogP contribution in [0.1, 0.15) is 18.5 Å². The Hall–Kier alpha value is -1.67. The second kappa shape index (κ2) is 6.19. The molecule has 0 spiro atoms. The van der Waals surface area contributed by atoms with Crippen molar-refractivity contribution in [3.63, 3.8) is 0 Å². The van der Waals surface area contributed by atoms with E-state index in [1.54, 1.807) is 12.3 Å². The lowest BCUT2D eigenvalue weighted by Gasteiger charge is -2.12. The molecule has 1 amide bonds. The zero-order valence-corrected chi connectivity index (χ0v) is 11.8. The topological polar surface area (TPSA) is 97.6 Å². The Morgan fingerprint density at radius 1 is 1.55 bits per heavy atom. The monoisotopic (exact) mass is 300 g/mol. The van der Waals surface area contributed by atoms with Gasteiger partial charge in [-0.1, -0.05) is 11.3 Å². The van der Waals surface area contributed by atoms with E-state index in [9.17, 15) is 14.4 Å². The molecule has 110 valence electrons. The van der Waals surface area contributed by atoms with E-state index in [1.165, 1.54) is 4.57 Å². The number of aromatic nitrogens is 1. The number of nitrogens with zero attached hydrogens (tertiary/aromatic N) is 1. The van der Waals surface area contributed by atoms with Gasteiger partial charge in [-0.25, -0.2) is 4.79 Å². The predicted octanol–water partition coefficient (Wildman–Crippen LogP) is -0.0334. The number of carboxylic acid groups (broad SMARTS) is 1. The Labute approximate surface area is 119 Å². The van der Waals surface area contributed by atoms with E-state index >= 15 is 0 Å². The molecule has 2 N–H and O–H groups in total. The Morgan fingerprint density at radius 2 is 2.30 bits per heavy atom. The largest absolute Gasteiger partial charge is 0.479 e. The van der Waals surface area contributed by atoms with Crippen molar-refractivity contribution in [2.75, 3.05) is 6.54 Å². The number of nitrogens with one attached hydrogen (secondary N) is 1. The van der Waals surface area contributed by atoms with Gasteiger partial charge in [0.25, 0.3) is 0 Å². The number of carboxylic acids is 1. The lowest BCUT2D eigenvalue weighted by atomic mass is 10.2. The fourth-order valence-electron chi connectivity index (χ4n) is 2.06. The lowest BCUT2D eigenvalue weighted by molar-refractivity contribution is -0.149. The van der Waals surface area contributed by atoms with Gasteiger partial charge in [-0.3, -0.25) is 14.2 Å². The summed E-state index contributed by atoms with van der Waals surface area (Å²) in [6, 6.07) is 0. The molecule has 8 heteroatoms. The maximum Gasteiger partial charge on any atom is 0.332 e. The summed E-state index contributed by atoms with van der Waals surface area (Å²) in [4.78, 5) is 33.8. The van der Waals surface area contributed by atoms with Gasteiger partial charge in [-0.2, -0.15) is 0 Å². The second-order valence-corrected chi connectivity index (χ2v) is 5.52. The van der Waals surface area contributed by atoms with E-state index in [-0.39, 0.29) is 30.0 Å². The van der Waals surface area contributed by atoms with Gasteiger partial charge in [0.1, 0.15) is 6.54 Å². The summed E-state index contributed by atoms with van der Waals surface area (Å²) >= 11 is 1.06. The minimum Gasteiger partial charge on any atom is -0.479 e. The quantitative estimate of drug-likeness (QED) is 0.795. The number of rotatable bonds is 5. The third-order valence-electron chi connectivity index (χ3n) is 3.19. The molecule has 0 aromatic carbocycles. The minimum absolute atomic E-state index is 0.0246. The molecular formula is C12H16N2O5S. The van der Waals surface area contributed by atoms with Gasteiger partial charge in [-0.05, 0) is 19.8 Å². The highest BCUT2D eigenvalue weighted by atomic mass is 32.1. The van der Waals surface area contributed by atoms with Crippen LogP contribution in [0.25, 0.3) is 0 Å². The van der Waals surface area contributed by atoms with Crippen LogP contribution < -0.4 is 10.2 Å². The van der Waals surface area contributed by atoms with Crippen LogP contribution in [-0.4, -0.2) is 40.3 Å². The van der Waals surface area contributed by atoms with Crippen molar-refractivity contribution in [1.29, 1.82) is 0 Å². The molecule has 0 aliphatic carbocycles. The molecule has 1 fully saturated rings. The van der Waals surface area contributed by atoms with Crippen molar-refractivity contribution in [3.8, 4) is 0 Å². The highest BCUT2D eigenvalue weighted by Gasteiger charge is 2.30. The molecule has 1 aliphatic rings. The fourth-order valence-corrected chi connectivity index (χ4v) is 2.80. The van der Waals surface area contributed by atoms with E-state index in [2.05, 4.69) is 5.32 Å². The van der Waals surface area contributed by atoms with E-state index in [4.69, 9.17) is 9.84 Å². The van der Waals surface area contributed by atoms with E-state index in [1.807, 2.05) is 0 Å². The van der Waals surface area contributed by atoms with Crippen LogP contribution in [0.3, 0.4) is 0 Å². The second-order valence-electron chi connectivity index (χ2n) is 4.70. The summed E-state index contributed by atoms with van der Waals surface area (Å²) in [5.74, 6) is -1.25. The van der Waals surface area contributed by atoms with Crippen LogP contribution >= 0.6 is 11.3 Å². The maximum atomic E-state index is 11.7. The Balaban J connectivity index is 1.79. The average Bonchev–Trinajstić information content (AvgIpc) is 2.98. The SMILES string of the molecule is Cc1csc(=O)n1CC(=O)NCC1CCC(C(=O)O)O1. The molecule has 2 rings (SSSR count). The van der Waals surface area contributed by atoms with Crippen LogP contribution in [0.5, 0.6) is 0 Å². The summed E-state index contributed by atoms with van der Waals surface area (Å²) in [6.07, 6.45) is 0.00664. The molecule has 1 aromatic rings. The maximum absolute atomic E-state index is 11.7. The van der Waals surface area contributed by atoms with Gasteiger partial charge < -0.3 is 15.2 Å². The molecule has 1 saturated heterocycles. The zero-order chi connectivity index (χ0) is 14.7. The number of amides is 1. The van der Waals surface area contributed by atoms with Gasteiger partial charge in [0.2, 0.25) is 5.91 Å². The van der Waals surface area contributed by atoms with E-state index in [0.29, 0.717) is 12.8 Å². The fraction of sp³-hybridized carbons (Fsp3) is 0.583. The zero-order valence-electron chi connectivity index (χ0n) is 11.0. The van der Waals surface area contributed by atoms with Crippen molar-refractivity contribution in [2.45, 2.75) is 38.5 Å². The van der Waals surface area contributed by atoms with Crippen LogP contribution in [0.4, 0.5) is 0 Å². The smallest absolute Gasteiger partial charge is 0.332 e. The first-order valence-electron chi connectivity index (χ1n) is 6.27. The molecule has 7 nitrogen and oxygen atoms in total. The first kappa shape index (κ1) is 14.7. The van der Waals surface area contributed by atoms with Crippen LogP contribution in [-0.2, 0) is 20.9 Å². The number of hydrogen-bond donors (Lipinski definition) is 2. The number of hydrogen-bond acceptors (Lipinski definition) is 5. The third-order valence-corrected chi connectivity index (χ3v) is 4.07. The van der Waals surface area contributed by atoms with E-state index < -0.39 is 12.1 Å². The summed E-state index contributed by atoms with van der Waals surface area (Å²) < 4.78 is 6.67. The van der Waals surface area contributed by atoms with Gasteiger partial charge >= 0.3 is 10.8 Å². The average molecular weight is 300 g/mol. The number of carbonyl (C=O) groups excluding carboxylic acids is 1. The van der Waals surface area contributed by atoms with Crippen molar-refractivity contribution < 1.29 is 19.4 Å². The van der Waals surface area contributed by atoms with Crippen molar-refractivity contribution in [1.82, 2.24) is 9.88 Å². The first-order valence-corrected chi connectivity index (χ1v) is 7.15. The molecule has 1 aromatic heterocycles. The molecule has 20 heavy (non-hydrogen) atoms. The van der Waals surface area contributed by atoms with Crippen molar-refractivity contribution in [3.05, 3.63) is 20.7 Å². The molecule has 0 bridgehead atoms. The van der Waals surface area contributed by atoms with Crippen molar-refractivity contribution >= 4 is 23.2 Å². The van der Waals surface area contributed by atoms with Crippen LogP contribution in [0.15, 0.2) is 10.2 Å². The number of carbonyl (C=O) groups is 2. The Bertz CT molecular complexity index is 564. The van der Waals surface area contributed by atoms with Crippen LogP contribution in [0.2, 0.25) is 0 Å². The molecule has 0 radical (unpaired) electrons. The number of thiazole rings is 1.